The number of nitrogens with zero attached hydrogens (tertiary/aromatic N) is 1. The minimum atomic E-state index is 0.282. The number of nitrogens with two attached hydrogens (primary N) is 1. The molecule has 0 aliphatic carbocycles. The third-order valence-electron chi connectivity index (χ3n) is 2.13. The van der Waals surface area contributed by atoms with E-state index in [0.29, 0.717) is 6.42 Å². The topological polar surface area (TPSA) is 70.6 Å². The van der Waals surface area contributed by atoms with Crippen molar-refractivity contribution < 1.29 is 5.21 Å². The molecule has 1 aromatic carbocycles. The summed E-state index contributed by atoms with van der Waals surface area (Å²) in [7, 11) is 0. The first-order chi connectivity index (χ1) is 7.72. The Kier molecular flexibility index (Phi) is 5.88. The molecule has 4 N–H and O–H groups in total. The molecular formula is C11H16BrN3O. The van der Waals surface area contributed by atoms with Gasteiger partial charge in [0.15, 0.2) is 0 Å². The minimum absolute atomic E-state index is 0.282. The van der Waals surface area contributed by atoms with Gasteiger partial charge in [0.1, 0.15) is 5.84 Å². The SMILES string of the molecule is NC(CCCNCc1cccc(Br)c1)=NO. The van der Waals surface area contributed by atoms with E-state index in [-0.39, 0.29) is 5.84 Å². The maximum absolute atomic E-state index is 8.34. The lowest BCUT2D eigenvalue weighted by molar-refractivity contribution is 0.316. The number of nitrogens with one attached hydrogen (secondary N) is 1. The molecule has 0 atom stereocenters. The molecular weight excluding hydrogens is 270 g/mol. The number of rotatable bonds is 6. The van der Waals surface area contributed by atoms with Gasteiger partial charge >= 0.3 is 0 Å². The lowest BCUT2D eigenvalue weighted by Crippen LogP contribution is -2.18. The lowest BCUT2D eigenvalue weighted by Gasteiger charge is -2.04. The number of hydrogen-bond acceptors (Lipinski definition) is 3. The fourth-order valence-corrected chi connectivity index (χ4v) is 1.77. The summed E-state index contributed by atoms with van der Waals surface area (Å²) < 4.78 is 1.09. The van der Waals surface area contributed by atoms with E-state index < -0.39 is 0 Å². The molecule has 0 aliphatic rings. The van der Waals surface area contributed by atoms with Crippen molar-refractivity contribution in [3.8, 4) is 0 Å². The van der Waals surface area contributed by atoms with Crippen molar-refractivity contribution in [3.63, 3.8) is 0 Å². The predicted octanol–water partition coefficient (Wildman–Crippen LogP) is 2.07. The summed E-state index contributed by atoms with van der Waals surface area (Å²) in [5.74, 6) is 0.282. The average Bonchev–Trinajstić information content (AvgIpc) is 2.28. The summed E-state index contributed by atoms with van der Waals surface area (Å²) in [6.07, 6.45) is 1.48. The zero-order valence-corrected chi connectivity index (χ0v) is 10.6. The number of halogens is 1. The monoisotopic (exact) mass is 285 g/mol. The third-order valence-corrected chi connectivity index (χ3v) is 2.63. The molecule has 0 aliphatic heterocycles. The molecule has 5 heteroatoms. The molecule has 0 fully saturated rings. The second-order valence-electron chi connectivity index (χ2n) is 3.50. The predicted molar refractivity (Wildman–Crippen MR) is 68.5 cm³/mol. The van der Waals surface area contributed by atoms with Crippen LogP contribution in [0.5, 0.6) is 0 Å². The quantitative estimate of drug-likeness (QED) is 0.246. The molecule has 0 aromatic heterocycles. The first kappa shape index (κ1) is 13.0. The van der Waals surface area contributed by atoms with E-state index in [1.807, 2.05) is 12.1 Å². The third kappa shape index (κ3) is 5.14. The maximum Gasteiger partial charge on any atom is 0.139 e. The van der Waals surface area contributed by atoms with Crippen LogP contribution in [0, 0.1) is 0 Å². The van der Waals surface area contributed by atoms with Gasteiger partial charge in [0, 0.05) is 17.4 Å². The number of amidine groups is 1. The van der Waals surface area contributed by atoms with Crippen LogP contribution in [0.2, 0.25) is 0 Å². The van der Waals surface area contributed by atoms with E-state index in [4.69, 9.17) is 10.9 Å². The highest BCUT2D eigenvalue weighted by Gasteiger charge is 1.95. The molecule has 88 valence electrons. The molecule has 0 amide bonds. The molecule has 0 heterocycles. The highest BCUT2D eigenvalue weighted by molar-refractivity contribution is 9.10. The molecule has 0 saturated carbocycles. The van der Waals surface area contributed by atoms with Gasteiger partial charge < -0.3 is 16.3 Å². The first-order valence-corrected chi connectivity index (χ1v) is 5.93. The van der Waals surface area contributed by atoms with Gasteiger partial charge in [-0.1, -0.05) is 33.2 Å². The fraction of sp³-hybridized carbons (Fsp3) is 0.364. The Morgan fingerprint density at radius 1 is 1.50 bits per heavy atom. The number of benzene rings is 1. The maximum atomic E-state index is 8.34. The van der Waals surface area contributed by atoms with Crippen LogP contribution >= 0.6 is 15.9 Å². The molecule has 1 aromatic rings. The highest BCUT2D eigenvalue weighted by Crippen LogP contribution is 2.11. The van der Waals surface area contributed by atoms with Crippen LogP contribution < -0.4 is 11.1 Å². The van der Waals surface area contributed by atoms with Crippen LogP contribution in [0.4, 0.5) is 0 Å². The molecule has 1 rings (SSSR count). The van der Waals surface area contributed by atoms with Crippen LogP contribution in [-0.4, -0.2) is 17.6 Å². The van der Waals surface area contributed by atoms with Crippen LogP contribution in [0.25, 0.3) is 0 Å². The Hall–Kier alpha value is -1.07. The van der Waals surface area contributed by atoms with Gasteiger partial charge in [-0.2, -0.15) is 0 Å². The molecule has 0 bridgehead atoms. The Morgan fingerprint density at radius 3 is 3.00 bits per heavy atom. The molecule has 4 nitrogen and oxygen atoms in total. The first-order valence-electron chi connectivity index (χ1n) is 5.14. The van der Waals surface area contributed by atoms with E-state index in [1.54, 1.807) is 0 Å². The smallest absolute Gasteiger partial charge is 0.139 e. The van der Waals surface area contributed by atoms with E-state index in [2.05, 4.69) is 38.5 Å². The normalized spacial score (nSPS) is 11.7. The van der Waals surface area contributed by atoms with E-state index >= 15 is 0 Å². The average molecular weight is 286 g/mol. The van der Waals surface area contributed by atoms with Crippen molar-refractivity contribution in [2.45, 2.75) is 19.4 Å². The Bertz CT molecular complexity index is 355. The van der Waals surface area contributed by atoms with Gasteiger partial charge in [-0.25, -0.2) is 0 Å². The summed E-state index contributed by atoms with van der Waals surface area (Å²) in [5, 5.41) is 14.5. The molecule has 0 spiro atoms. The van der Waals surface area contributed by atoms with Crippen LogP contribution in [0.3, 0.4) is 0 Å². The molecule has 0 unspecified atom stereocenters. The minimum Gasteiger partial charge on any atom is -0.409 e. The lowest BCUT2D eigenvalue weighted by atomic mass is 10.2. The zero-order chi connectivity index (χ0) is 11.8. The van der Waals surface area contributed by atoms with Crippen molar-refractivity contribution in [2.75, 3.05) is 6.54 Å². The number of oxime groups is 1. The van der Waals surface area contributed by atoms with Crippen LogP contribution in [-0.2, 0) is 6.54 Å². The van der Waals surface area contributed by atoms with Crippen LogP contribution in [0.15, 0.2) is 33.9 Å². The second-order valence-corrected chi connectivity index (χ2v) is 4.42. The van der Waals surface area contributed by atoms with Gasteiger partial charge in [-0.3, -0.25) is 0 Å². The van der Waals surface area contributed by atoms with Gasteiger partial charge in [0.2, 0.25) is 0 Å². The van der Waals surface area contributed by atoms with Gasteiger partial charge in [-0.05, 0) is 30.7 Å². The molecule has 0 radical (unpaired) electrons. The van der Waals surface area contributed by atoms with Gasteiger partial charge in [0.05, 0.1) is 0 Å². The van der Waals surface area contributed by atoms with Crippen LogP contribution in [0.1, 0.15) is 18.4 Å². The fourth-order valence-electron chi connectivity index (χ4n) is 1.32. The highest BCUT2D eigenvalue weighted by atomic mass is 79.9. The Morgan fingerprint density at radius 2 is 2.31 bits per heavy atom. The van der Waals surface area contributed by atoms with Crippen molar-refractivity contribution in [1.29, 1.82) is 0 Å². The number of hydrogen-bond donors (Lipinski definition) is 3. The molecule has 16 heavy (non-hydrogen) atoms. The summed E-state index contributed by atoms with van der Waals surface area (Å²) in [5.41, 5.74) is 6.59. The zero-order valence-electron chi connectivity index (χ0n) is 8.99. The van der Waals surface area contributed by atoms with Gasteiger partial charge in [0.25, 0.3) is 0 Å². The largest absolute Gasteiger partial charge is 0.409 e. The summed E-state index contributed by atoms with van der Waals surface area (Å²) in [6.45, 7) is 1.68. The Labute approximate surface area is 104 Å². The van der Waals surface area contributed by atoms with Gasteiger partial charge in [-0.15, -0.1) is 0 Å². The van der Waals surface area contributed by atoms with Crippen molar-refractivity contribution in [3.05, 3.63) is 34.3 Å². The Balaban J connectivity index is 2.16. The summed E-state index contributed by atoms with van der Waals surface area (Å²) in [6, 6.07) is 8.16. The van der Waals surface area contributed by atoms with E-state index in [0.717, 1.165) is 24.0 Å². The second kappa shape index (κ2) is 7.24. The molecule has 0 saturated heterocycles. The van der Waals surface area contributed by atoms with Crippen molar-refractivity contribution in [1.82, 2.24) is 5.32 Å². The van der Waals surface area contributed by atoms with Crippen molar-refractivity contribution >= 4 is 21.8 Å². The van der Waals surface area contributed by atoms with E-state index in [1.165, 1.54) is 5.56 Å². The summed E-state index contributed by atoms with van der Waals surface area (Å²) >= 11 is 3.43. The van der Waals surface area contributed by atoms with Crippen molar-refractivity contribution in [2.24, 2.45) is 10.9 Å². The summed E-state index contributed by atoms with van der Waals surface area (Å²) in [4.78, 5) is 0. The van der Waals surface area contributed by atoms with E-state index in [9.17, 15) is 0 Å². The standard InChI is InChI=1S/C11H16BrN3O/c12-10-4-1-3-9(7-10)8-14-6-2-5-11(13)15-16/h1,3-4,7,14,16H,2,5-6,8H2,(H2,13,15).